The highest BCUT2D eigenvalue weighted by Gasteiger charge is 2.02. The smallest absolute Gasteiger partial charge is 0.125 e. The molecule has 0 spiro atoms. The van der Waals surface area contributed by atoms with Crippen LogP contribution in [0.3, 0.4) is 0 Å². The van der Waals surface area contributed by atoms with Gasteiger partial charge < -0.3 is 0 Å². The van der Waals surface area contributed by atoms with E-state index in [1.54, 1.807) is 0 Å². The van der Waals surface area contributed by atoms with Gasteiger partial charge >= 0.3 is 0 Å². The predicted molar refractivity (Wildman–Crippen MR) is 48.8 cm³/mol. The summed E-state index contributed by atoms with van der Waals surface area (Å²) < 4.78 is 0. The molecule has 0 aliphatic carbocycles. The number of aryl methyl sites for hydroxylation is 3. The van der Waals surface area contributed by atoms with Crippen LogP contribution in [0.2, 0.25) is 0 Å². The summed E-state index contributed by atoms with van der Waals surface area (Å²) in [5.41, 5.74) is 2.90. The molecule has 0 saturated carbocycles. The van der Waals surface area contributed by atoms with Crippen molar-refractivity contribution in [1.29, 1.82) is 0 Å². The average molecular weight is 160 g/mol. The molecule has 62 valence electrons. The number of aromatic nitrogens is 2. The molecule has 0 bridgehead atoms. The molecule has 12 heavy (non-hydrogen) atoms. The van der Waals surface area contributed by atoms with Crippen LogP contribution < -0.4 is 0 Å². The Labute approximate surface area is 73.1 Å². The number of hydrogen-bond acceptors (Lipinski definition) is 2. The van der Waals surface area contributed by atoms with Crippen LogP contribution in [-0.2, 0) is 0 Å². The van der Waals surface area contributed by atoms with Crippen molar-refractivity contribution in [3.05, 3.63) is 22.8 Å². The molecule has 0 aliphatic heterocycles. The maximum absolute atomic E-state index is 4.24. The van der Waals surface area contributed by atoms with Gasteiger partial charge in [0.25, 0.3) is 0 Å². The van der Waals surface area contributed by atoms with Gasteiger partial charge in [0.15, 0.2) is 0 Å². The van der Waals surface area contributed by atoms with Crippen LogP contribution in [0.4, 0.5) is 0 Å². The summed E-state index contributed by atoms with van der Waals surface area (Å²) in [5.74, 6) is 6.66. The summed E-state index contributed by atoms with van der Waals surface area (Å²) in [5, 5.41) is 0. The second-order valence-electron chi connectivity index (χ2n) is 2.69. The Morgan fingerprint density at radius 2 is 1.50 bits per heavy atom. The molecular weight excluding hydrogens is 148 g/mol. The van der Waals surface area contributed by atoms with Gasteiger partial charge in [-0.05, 0) is 27.7 Å². The molecule has 0 amide bonds. The van der Waals surface area contributed by atoms with Crippen molar-refractivity contribution < 1.29 is 0 Å². The second-order valence-corrected chi connectivity index (χ2v) is 2.69. The summed E-state index contributed by atoms with van der Waals surface area (Å²) in [6.45, 7) is 7.63. The normalized spacial score (nSPS) is 9.00. The maximum atomic E-state index is 4.24. The predicted octanol–water partition coefficient (Wildman–Crippen LogP) is 1.77. The lowest BCUT2D eigenvalue weighted by Crippen LogP contribution is -1.99. The molecule has 1 aromatic rings. The van der Waals surface area contributed by atoms with Crippen LogP contribution in [0.5, 0.6) is 0 Å². The first-order valence-corrected chi connectivity index (χ1v) is 3.89. The third-order valence-corrected chi connectivity index (χ3v) is 1.63. The third kappa shape index (κ3) is 1.62. The first-order chi connectivity index (χ1) is 5.65. The van der Waals surface area contributed by atoms with E-state index < -0.39 is 0 Å². The summed E-state index contributed by atoms with van der Waals surface area (Å²) in [6.07, 6.45) is 0. The van der Waals surface area contributed by atoms with Gasteiger partial charge in [-0.25, -0.2) is 9.97 Å². The van der Waals surface area contributed by atoms with E-state index in [0.29, 0.717) is 0 Å². The fraction of sp³-hybridized carbons (Fsp3) is 0.400. The number of nitrogens with zero attached hydrogens (tertiary/aromatic N) is 2. The number of hydrogen-bond donors (Lipinski definition) is 0. The van der Waals surface area contributed by atoms with Crippen molar-refractivity contribution >= 4 is 0 Å². The minimum Gasteiger partial charge on any atom is -0.237 e. The van der Waals surface area contributed by atoms with Crippen molar-refractivity contribution in [3.8, 4) is 11.8 Å². The van der Waals surface area contributed by atoms with Crippen molar-refractivity contribution in [2.45, 2.75) is 27.7 Å². The minimum atomic E-state index is 0.812. The van der Waals surface area contributed by atoms with Crippen LogP contribution >= 0.6 is 0 Å². The minimum absolute atomic E-state index is 0.812. The summed E-state index contributed by atoms with van der Waals surface area (Å²) in [4.78, 5) is 8.48. The van der Waals surface area contributed by atoms with Crippen LogP contribution in [0.1, 0.15) is 29.7 Å². The van der Waals surface area contributed by atoms with Gasteiger partial charge in [-0.1, -0.05) is 5.92 Å². The Balaban J connectivity index is 3.34. The van der Waals surface area contributed by atoms with Gasteiger partial charge in [-0.3, -0.25) is 0 Å². The molecule has 0 aliphatic rings. The van der Waals surface area contributed by atoms with Gasteiger partial charge in [0.1, 0.15) is 5.82 Å². The zero-order valence-corrected chi connectivity index (χ0v) is 7.89. The first kappa shape index (κ1) is 8.73. The van der Waals surface area contributed by atoms with Crippen molar-refractivity contribution in [3.63, 3.8) is 0 Å². The quantitative estimate of drug-likeness (QED) is 0.540. The standard InChI is InChI=1S/C10H12N2/c1-5-6-10-7(2)11-9(4)12-8(10)3/h1-4H3. The van der Waals surface area contributed by atoms with E-state index in [9.17, 15) is 0 Å². The van der Waals surface area contributed by atoms with Crippen molar-refractivity contribution in [2.24, 2.45) is 0 Å². The molecule has 0 fully saturated rings. The van der Waals surface area contributed by atoms with Gasteiger partial charge in [0.2, 0.25) is 0 Å². The van der Waals surface area contributed by atoms with Crippen LogP contribution in [0.25, 0.3) is 0 Å². The maximum Gasteiger partial charge on any atom is 0.125 e. The van der Waals surface area contributed by atoms with E-state index in [1.807, 2.05) is 27.7 Å². The van der Waals surface area contributed by atoms with Gasteiger partial charge in [0.05, 0.1) is 17.0 Å². The lowest BCUT2D eigenvalue weighted by atomic mass is 10.2. The second kappa shape index (κ2) is 3.36. The lowest BCUT2D eigenvalue weighted by molar-refractivity contribution is 0.967. The zero-order valence-electron chi connectivity index (χ0n) is 7.89. The molecule has 0 unspecified atom stereocenters. The molecule has 1 rings (SSSR count). The highest BCUT2D eigenvalue weighted by Crippen LogP contribution is 2.07. The summed E-state index contributed by atoms with van der Waals surface area (Å²) in [6, 6.07) is 0. The van der Waals surface area contributed by atoms with E-state index >= 15 is 0 Å². The van der Waals surface area contributed by atoms with Crippen LogP contribution in [0, 0.1) is 32.6 Å². The van der Waals surface area contributed by atoms with Crippen molar-refractivity contribution in [1.82, 2.24) is 9.97 Å². The van der Waals surface area contributed by atoms with Crippen molar-refractivity contribution in [2.75, 3.05) is 0 Å². The van der Waals surface area contributed by atoms with E-state index in [4.69, 9.17) is 0 Å². The highest BCUT2D eigenvalue weighted by atomic mass is 14.9. The molecule has 0 saturated heterocycles. The SMILES string of the molecule is CC#Cc1c(C)nc(C)nc1C. The van der Waals surface area contributed by atoms with Crippen LogP contribution in [-0.4, -0.2) is 9.97 Å². The van der Waals surface area contributed by atoms with E-state index in [0.717, 1.165) is 22.8 Å². The zero-order chi connectivity index (χ0) is 9.14. The van der Waals surface area contributed by atoms with E-state index in [-0.39, 0.29) is 0 Å². The molecule has 1 aromatic heterocycles. The monoisotopic (exact) mass is 160 g/mol. The first-order valence-electron chi connectivity index (χ1n) is 3.89. The number of rotatable bonds is 0. The van der Waals surface area contributed by atoms with Gasteiger partial charge in [-0.15, -0.1) is 5.92 Å². The topological polar surface area (TPSA) is 25.8 Å². The Bertz CT molecular complexity index is 333. The van der Waals surface area contributed by atoms with Gasteiger partial charge in [-0.2, -0.15) is 0 Å². The Hall–Kier alpha value is -1.36. The summed E-state index contributed by atoms with van der Waals surface area (Å²) in [7, 11) is 0. The molecular formula is C10H12N2. The Morgan fingerprint density at radius 1 is 1.00 bits per heavy atom. The molecule has 2 heteroatoms. The third-order valence-electron chi connectivity index (χ3n) is 1.63. The Morgan fingerprint density at radius 3 is 1.92 bits per heavy atom. The molecule has 2 nitrogen and oxygen atoms in total. The van der Waals surface area contributed by atoms with E-state index in [2.05, 4.69) is 21.8 Å². The highest BCUT2D eigenvalue weighted by molar-refractivity contribution is 5.40. The van der Waals surface area contributed by atoms with Gasteiger partial charge in [0, 0.05) is 0 Å². The molecule has 0 N–H and O–H groups in total. The molecule has 0 aromatic carbocycles. The lowest BCUT2D eigenvalue weighted by Gasteiger charge is -2.02. The average Bonchev–Trinajstić information content (AvgIpc) is 1.96. The van der Waals surface area contributed by atoms with Crippen LogP contribution in [0.15, 0.2) is 0 Å². The van der Waals surface area contributed by atoms with E-state index in [1.165, 1.54) is 0 Å². The molecule has 0 atom stereocenters. The largest absolute Gasteiger partial charge is 0.237 e. The Kier molecular flexibility index (Phi) is 2.44. The molecule has 0 radical (unpaired) electrons. The summed E-state index contributed by atoms with van der Waals surface area (Å²) >= 11 is 0. The molecule has 1 heterocycles. The fourth-order valence-electron chi connectivity index (χ4n) is 1.19. The fourth-order valence-corrected chi connectivity index (χ4v) is 1.19.